The number of nitrogens with zero attached hydrogens (tertiary/aromatic N) is 1. The lowest BCUT2D eigenvalue weighted by atomic mass is 10.1. The van der Waals surface area contributed by atoms with Crippen molar-refractivity contribution in [2.45, 2.75) is 44.9 Å². The van der Waals surface area contributed by atoms with Gasteiger partial charge < -0.3 is 10.4 Å². The van der Waals surface area contributed by atoms with Crippen molar-refractivity contribution in [3.8, 4) is 0 Å². The van der Waals surface area contributed by atoms with Crippen molar-refractivity contribution in [1.82, 2.24) is 10.3 Å². The molecule has 2 N–H and O–H groups in total. The first-order valence-corrected chi connectivity index (χ1v) is 9.63. The van der Waals surface area contributed by atoms with Crippen molar-refractivity contribution in [3.05, 3.63) is 15.6 Å². The Bertz CT molecular complexity index is 457. The van der Waals surface area contributed by atoms with E-state index >= 15 is 0 Å². The minimum atomic E-state index is 0.0111. The summed E-state index contributed by atoms with van der Waals surface area (Å²) in [6, 6.07) is 0. The van der Waals surface area contributed by atoms with Crippen molar-refractivity contribution in [1.29, 1.82) is 0 Å². The van der Waals surface area contributed by atoms with E-state index in [9.17, 15) is 4.79 Å². The molecule has 0 aliphatic heterocycles. The third kappa shape index (κ3) is 4.97. The number of amides is 1. The number of hydrogen-bond acceptors (Lipinski definition) is 5. The van der Waals surface area contributed by atoms with E-state index in [1.807, 2.05) is 6.92 Å². The Labute approximate surface area is 134 Å². The molecule has 0 aromatic carbocycles. The van der Waals surface area contributed by atoms with E-state index in [2.05, 4.69) is 10.3 Å². The second-order valence-electron chi connectivity index (χ2n) is 5.39. The molecule has 0 atom stereocenters. The second-order valence-corrected chi connectivity index (χ2v) is 7.65. The fourth-order valence-corrected chi connectivity index (χ4v) is 4.50. The largest absolute Gasteiger partial charge is 0.396 e. The van der Waals surface area contributed by atoms with Crippen LogP contribution in [0.4, 0.5) is 0 Å². The number of hydrogen-bond donors (Lipinski definition) is 2. The number of nitrogens with one attached hydrogen (secondary N) is 1. The zero-order valence-corrected chi connectivity index (χ0v) is 14.2. The lowest BCUT2D eigenvalue weighted by Gasteiger charge is -2.04. The Morgan fingerprint density at radius 2 is 2.19 bits per heavy atom. The second kappa shape index (κ2) is 8.76. The number of aryl methyl sites for hydroxylation is 1. The molecule has 1 saturated carbocycles. The number of rotatable bonds is 8. The molecule has 0 bridgehead atoms. The van der Waals surface area contributed by atoms with E-state index in [1.165, 1.54) is 25.7 Å². The topological polar surface area (TPSA) is 62.2 Å². The number of aliphatic hydroxyl groups is 1. The van der Waals surface area contributed by atoms with Gasteiger partial charge in [-0.05, 0) is 31.9 Å². The van der Waals surface area contributed by atoms with Gasteiger partial charge in [0.2, 0.25) is 0 Å². The number of carbonyl (C=O) groups is 1. The standard InChI is InChI=1S/C15H24N2O2S2/c1-11-13(14(19)16-7-10-20-9-4-8-18)21-15(17-11)12-5-2-3-6-12/h12,18H,2-10H2,1H3,(H,16,19). The Morgan fingerprint density at radius 3 is 2.90 bits per heavy atom. The molecule has 1 aliphatic carbocycles. The summed E-state index contributed by atoms with van der Waals surface area (Å²) in [7, 11) is 0. The highest BCUT2D eigenvalue weighted by molar-refractivity contribution is 7.99. The predicted molar refractivity (Wildman–Crippen MR) is 89.4 cm³/mol. The Kier molecular flexibility index (Phi) is 6.99. The van der Waals surface area contributed by atoms with Crippen molar-refractivity contribution in [2.75, 3.05) is 24.7 Å². The summed E-state index contributed by atoms with van der Waals surface area (Å²) in [5.41, 5.74) is 0.868. The molecule has 0 radical (unpaired) electrons. The summed E-state index contributed by atoms with van der Waals surface area (Å²) in [6.45, 7) is 2.84. The maximum atomic E-state index is 12.2. The van der Waals surface area contributed by atoms with Crippen LogP contribution in [0.2, 0.25) is 0 Å². The van der Waals surface area contributed by atoms with Gasteiger partial charge in [0.05, 0.1) is 10.7 Å². The molecule has 2 rings (SSSR count). The average molecular weight is 329 g/mol. The summed E-state index contributed by atoms with van der Waals surface area (Å²) in [6.07, 6.45) is 5.83. The zero-order chi connectivity index (χ0) is 15.1. The number of thiazole rings is 1. The molecule has 0 spiro atoms. The van der Waals surface area contributed by atoms with Crippen molar-refractivity contribution in [3.63, 3.8) is 0 Å². The van der Waals surface area contributed by atoms with Gasteiger partial charge in [0.25, 0.3) is 5.91 Å². The number of aliphatic hydroxyl groups excluding tert-OH is 1. The smallest absolute Gasteiger partial charge is 0.263 e. The predicted octanol–water partition coefficient (Wildman–Crippen LogP) is 2.95. The van der Waals surface area contributed by atoms with Gasteiger partial charge >= 0.3 is 0 Å². The zero-order valence-electron chi connectivity index (χ0n) is 12.6. The molecule has 118 valence electrons. The van der Waals surface area contributed by atoms with Gasteiger partial charge in [0, 0.05) is 24.8 Å². The molecule has 1 fully saturated rings. The van der Waals surface area contributed by atoms with Crippen LogP contribution in [-0.4, -0.2) is 40.7 Å². The van der Waals surface area contributed by atoms with Gasteiger partial charge in [-0.15, -0.1) is 11.3 Å². The maximum Gasteiger partial charge on any atom is 0.263 e. The van der Waals surface area contributed by atoms with Gasteiger partial charge in [-0.2, -0.15) is 11.8 Å². The minimum absolute atomic E-state index is 0.0111. The molecule has 21 heavy (non-hydrogen) atoms. The van der Waals surface area contributed by atoms with Gasteiger partial charge in [0.15, 0.2) is 0 Å². The molecule has 1 aliphatic rings. The van der Waals surface area contributed by atoms with E-state index in [0.717, 1.165) is 33.5 Å². The van der Waals surface area contributed by atoms with Gasteiger partial charge in [-0.25, -0.2) is 4.98 Å². The van der Waals surface area contributed by atoms with Crippen molar-refractivity contribution < 1.29 is 9.90 Å². The van der Waals surface area contributed by atoms with Crippen LogP contribution in [0, 0.1) is 6.92 Å². The summed E-state index contributed by atoms with van der Waals surface area (Å²) in [4.78, 5) is 17.6. The molecule has 1 aromatic rings. The van der Waals surface area contributed by atoms with Crippen LogP contribution in [0.3, 0.4) is 0 Å². The maximum absolute atomic E-state index is 12.2. The normalized spacial score (nSPS) is 15.5. The monoisotopic (exact) mass is 328 g/mol. The summed E-state index contributed by atoms with van der Waals surface area (Å²) in [5.74, 6) is 2.41. The third-order valence-corrected chi connectivity index (χ3v) is 6.09. The molecule has 1 amide bonds. The molecule has 1 heterocycles. The van der Waals surface area contributed by atoms with Gasteiger partial charge in [0.1, 0.15) is 4.88 Å². The number of carbonyl (C=O) groups excluding carboxylic acids is 1. The van der Waals surface area contributed by atoms with E-state index in [0.29, 0.717) is 12.5 Å². The van der Waals surface area contributed by atoms with E-state index < -0.39 is 0 Å². The van der Waals surface area contributed by atoms with Crippen LogP contribution in [0.15, 0.2) is 0 Å². The Balaban J connectivity index is 1.79. The summed E-state index contributed by atoms with van der Waals surface area (Å²) >= 11 is 3.33. The fourth-order valence-electron chi connectivity index (χ4n) is 2.56. The van der Waals surface area contributed by atoms with Crippen LogP contribution < -0.4 is 5.32 Å². The average Bonchev–Trinajstić information content (AvgIpc) is 3.11. The molecular formula is C15H24N2O2S2. The van der Waals surface area contributed by atoms with Gasteiger partial charge in [-0.3, -0.25) is 4.79 Å². The number of thioether (sulfide) groups is 1. The van der Waals surface area contributed by atoms with Crippen LogP contribution in [0.1, 0.15) is 58.4 Å². The van der Waals surface area contributed by atoms with Gasteiger partial charge in [-0.1, -0.05) is 12.8 Å². The molecule has 0 saturated heterocycles. The van der Waals surface area contributed by atoms with E-state index in [4.69, 9.17) is 5.11 Å². The molecule has 6 heteroatoms. The van der Waals surface area contributed by atoms with Crippen LogP contribution in [0.25, 0.3) is 0 Å². The van der Waals surface area contributed by atoms with Crippen LogP contribution in [-0.2, 0) is 0 Å². The Hall–Kier alpha value is -0.590. The SMILES string of the molecule is Cc1nc(C2CCCC2)sc1C(=O)NCCSCCCO. The molecule has 4 nitrogen and oxygen atoms in total. The van der Waals surface area contributed by atoms with Crippen molar-refractivity contribution >= 4 is 29.0 Å². The van der Waals surface area contributed by atoms with Crippen LogP contribution >= 0.6 is 23.1 Å². The minimum Gasteiger partial charge on any atom is -0.396 e. The lowest BCUT2D eigenvalue weighted by molar-refractivity contribution is 0.0959. The van der Waals surface area contributed by atoms with Crippen molar-refractivity contribution in [2.24, 2.45) is 0 Å². The molecular weight excluding hydrogens is 304 g/mol. The van der Waals surface area contributed by atoms with Crippen LogP contribution in [0.5, 0.6) is 0 Å². The summed E-state index contributed by atoms with van der Waals surface area (Å²) in [5, 5.41) is 12.8. The quantitative estimate of drug-likeness (QED) is 0.720. The highest BCUT2D eigenvalue weighted by Gasteiger charge is 2.23. The van der Waals surface area contributed by atoms with E-state index in [-0.39, 0.29) is 12.5 Å². The first-order chi connectivity index (χ1) is 10.2. The highest BCUT2D eigenvalue weighted by atomic mass is 32.2. The summed E-state index contributed by atoms with van der Waals surface area (Å²) < 4.78 is 0. The lowest BCUT2D eigenvalue weighted by Crippen LogP contribution is -2.25. The fraction of sp³-hybridized carbons (Fsp3) is 0.733. The highest BCUT2D eigenvalue weighted by Crippen LogP contribution is 2.37. The first kappa shape index (κ1) is 16.8. The third-order valence-electron chi connectivity index (χ3n) is 3.70. The number of aromatic nitrogens is 1. The Morgan fingerprint density at radius 1 is 1.43 bits per heavy atom. The molecule has 0 unspecified atom stereocenters. The molecule has 1 aromatic heterocycles. The first-order valence-electron chi connectivity index (χ1n) is 7.66. The van der Waals surface area contributed by atoms with E-state index in [1.54, 1.807) is 23.1 Å².